The molecule has 2 aromatic rings. The summed E-state index contributed by atoms with van der Waals surface area (Å²) in [6, 6.07) is 5.48. The molecule has 13 heteroatoms. The lowest BCUT2D eigenvalue weighted by Gasteiger charge is -2.26. The summed E-state index contributed by atoms with van der Waals surface area (Å²) >= 11 is 0. The normalized spacial score (nSPS) is 13.5. The number of rotatable bonds is 19. The van der Waals surface area contributed by atoms with E-state index in [1.807, 2.05) is 13.8 Å². The predicted molar refractivity (Wildman–Crippen MR) is 174 cm³/mol. The van der Waals surface area contributed by atoms with Crippen molar-refractivity contribution in [1.29, 1.82) is 0 Å². The lowest BCUT2D eigenvalue weighted by molar-refractivity contribution is 0.0755. The van der Waals surface area contributed by atoms with E-state index in [1.54, 1.807) is 4.90 Å². The second-order valence-electron chi connectivity index (χ2n) is 12.7. The summed E-state index contributed by atoms with van der Waals surface area (Å²) in [7, 11) is -4.32. The number of benzene rings is 2. The van der Waals surface area contributed by atoms with E-state index in [0.29, 0.717) is 38.4 Å². The molecule has 2 amide bonds. The third kappa shape index (κ3) is 12.3. The van der Waals surface area contributed by atoms with E-state index in [9.17, 15) is 37.0 Å². The number of nitrogens with zero attached hydrogens (tertiary/aromatic N) is 1. The van der Waals surface area contributed by atoms with E-state index in [0.717, 1.165) is 30.7 Å². The van der Waals surface area contributed by atoms with Crippen molar-refractivity contribution in [2.24, 2.45) is 5.92 Å². The predicted octanol–water partition coefficient (Wildman–Crippen LogP) is 3.61. The fourth-order valence-corrected chi connectivity index (χ4v) is 6.28. The highest BCUT2D eigenvalue weighted by Gasteiger charge is 2.29. The summed E-state index contributed by atoms with van der Waals surface area (Å²) in [5.74, 6) is -2.47. The highest BCUT2D eigenvalue weighted by molar-refractivity contribution is 7.89. The Morgan fingerprint density at radius 2 is 1.54 bits per heavy atom. The molecule has 258 valence electrons. The molecule has 0 bridgehead atoms. The third-order valence-electron chi connectivity index (χ3n) is 7.22. The van der Waals surface area contributed by atoms with Gasteiger partial charge in [-0.05, 0) is 87.9 Å². The Balaban J connectivity index is 2.55. The SMILES string of the molecule is CCCN(CCC)C(=O)c1cc(C(=O)N[C@@H](Cc2cc(F)cc(F)c2)[C@H](O)CNCCC(C)C)cc(S(=O)(=O)NC(C)(C)CO)c1. The van der Waals surface area contributed by atoms with Crippen molar-refractivity contribution in [3.05, 3.63) is 64.7 Å². The molecule has 0 unspecified atom stereocenters. The number of hydrogen-bond donors (Lipinski definition) is 5. The number of carbonyl (C=O) groups is 2. The van der Waals surface area contributed by atoms with Crippen LogP contribution >= 0.6 is 0 Å². The van der Waals surface area contributed by atoms with Crippen molar-refractivity contribution in [2.75, 3.05) is 32.8 Å². The van der Waals surface area contributed by atoms with E-state index < -0.39 is 57.8 Å². The van der Waals surface area contributed by atoms with Crippen molar-refractivity contribution in [1.82, 2.24) is 20.3 Å². The first-order chi connectivity index (χ1) is 21.5. The van der Waals surface area contributed by atoms with Crippen LogP contribution in [0.25, 0.3) is 0 Å². The lowest BCUT2D eigenvalue weighted by atomic mass is 9.99. The van der Waals surface area contributed by atoms with Gasteiger partial charge in [0.15, 0.2) is 0 Å². The Hall–Kier alpha value is -2.97. The van der Waals surface area contributed by atoms with Gasteiger partial charge in [-0.15, -0.1) is 0 Å². The molecule has 0 aliphatic rings. The van der Waals surface area contributed by atoms with E-state index in [4.69, 9.17) is 0 Å². The molecule has 2 atom stereocenters. The fourth-order valence-electron chi connectivity index (χ4n) is 4.80. The van der Waals surface area contributed by atoms with Crippen molar-refractivity contribution in [3.63, 3.8) is 0 Å². The van der Waals surface area contributed by atoms with Gasteiger partial charge in [0.2, 0.25) is 10.0 Å². The van der Waals surface area contributed by atoms with Crippen LogP contribution in [-0.4, -0.2) is 85.8 Å². The van der Waals surface area contributed by atoms with Crippen LogP contribution in [0.2, 0.25) is 0 Å². The van der Waals surface area contributed by atoms with Gasteiger partial charge >= 0.3 is 0 Å². The van der Waals surface area contributed by atoms with Gasteiger partial charge in [0.1, 0.15) is 11.6 Å². The molecule has 5 N–H and O–H groups in total. The van der Waals surface area contributed by atoms with E-state index in [2.05, 4.69) is 29.2 Å². The van der Waals surface area contributed by atoms with Crippen LogP contribution in [0.4, 0.5) is 8.78 Å². The van der Waals surface area contributed by atoms with Gasteiger partial charge in [-0.2, -0.15) is 0 Å². The van der Waals surface area contributed by atoms with Crippen molar-refractivity contribution >= 4 is 21.8 Å². The number of sulfonamides is 1. The summed E-state index contributed by atoms with van der Waals surface area (Å²) < 4.78 is 57.2. The molecule has 0 saturated carbocycles. The van der Waals surface area contributed by atoms with Gasteiger partial charge in [0.05, 0.1) is 29.2 Å². The van der Waals surface area contributed by atoms with E-state index in [-0.39, 0.29) is 34.6 Å². The van der Waals surface area contributed by atoms with Gasteiger partial charge in [-0.25, -0.2) is 21.9 Å². The van der Waals surface area contributed by atoms with E-state index >= 15 is 0 Å². The van der Waals surface area contributed by atoms with Crippen molar-refractivity contribution < 1.29 is 37.0 Å². The standard InChI is InChI=1S/C33H50F2N4O6S/c1-7-11-39(12-8-2)32(43)25-16-24(17-28(18-25)46(44,45)38-33(5,6)21-40)31(42)37-29(30(41)20-36-10-9-22(3)4)15-23-13-26(34)19-27(35)14-23/h13-14,16-19,22,29-30,36,38,40-41H,7-12,15,20-21H2,1-6H3,(H,37,42)/t29-,30+/m0/s1. The molecular formula is C33H50F2N4O6S. The van der Waals surface area contributed by atoms with E-state index in [1.165, 1.54) is 26.0 Å². The third-order valence-corrected chi connectivity index (χ3v) is 8.89. The van der Waals surface area contributed by atoms with Crippen molar-refractivity contribution in [3.8, 4) is 0 Å². The van der Waals surface area contributed by atoms with Gasteiger partial charge in [-0.1, -0.05) is 27.7 Å². The zero-order valence-electron chi connectivity index (χ0n) is 27.7. The molecule has 0 aromatic heterocycles. The number of aliphatic hydroxyl groups is 2. The first-order valence-corrected chi connectivity index (χ1v) is 17.2. The second kappa shape index (κ2) is 17.8. The number of hydrogen-bond acceptors (Lipinski definition) is 7. The van der Waals surface area contributed by atoms with Gasteiger partial charge < -0.3 is 25.7 Å². The maximum absolute atomic E-state index is 14.0. The van der Waals surface area contributed by atoms with Crippen LogP contribution in [0.1, 0.15) is 87.1 Å². The summed E-state index contributed by atoms with van der Waals surface area (Å²) in [6.45, 7) is 11.9. The highest BCUT2D eigenvalue weighted by atomic mass is 32.2. The average molecular weight is 669 g/mol. The molecule has 2 aromatic carbocycles. The summed E-state index contributed by atoms with van der Waals surface area (Å²) in [4.78, 5) is 28.5. The van der Waals surface area contributed by atoms with Crippen LogP contribution in [0, 0.1) is 17.6 Å². The van der Waals surface area contributed by atoms with Crippen LogP contribution < -0.4 is 15.4 Å². The summed E-state index contributed by atoms with van der Waals surface area (Å²) in [5.41, 5.74) is -1.25. The van der Waals surface area contributed by atoms with Gasteiger partial charge in [0, 0.05) is 36.8 Å². The Morgan fingerprint density at radius 3 is 2.09 bits per heavy atom. The van der Waals surface area contributed by atoms with Crippen LogP contribution in [0.15, 0.2) is 41.3 Å². The topological polar surface area (TPSA) is 148 Å². The summed E-state index contributed by atoms with van der Waals surface area (Å²) in [6.07, 6.45) is 0.839. The molecule has 0 heterocycles. The van der Waals surface area contributed by atoms with Crippen LogP contribution in [0.5, 0.6) is 0 Å². The Kier molecular flexibility index (Phi) is 15.2. The molecule has 10 nitrogen and oxygen atoms in total. The fraction of sp³-hybridized carbons (Fsp3) is 0.576. The van der Waals surface area contributed by atoms with Crippen LogP contribution in [-0.2, 0) is 16.4 Å². The zero-order valence-corrected chi connectivity index (χ0v) is 28.5. The number of nitrogens with one attached hydrogen (secondary N) is 3. The molecule has 0 saturated heterocycles. The zero-order chi connectivity index (χ0) is 34.7. The maximum Gasteiger partial charge on any atom is 0.253 e. The Labute approximate surface area is 272 Å². The maximum atomic E-state index is 14.0. The highest BCUT2D eigenvalue weighted by Crippen LogP contribution is 2.21. The largest absolute Gasteiger partial charge is 0.394 e. The lowest BCUT2D eigenvalue weighted by Crippen LogP contribution is -2.49. The molecule has 0 fully saturated rings. The molecule has 0 radical (unpaired) electrons. The molecule has 0 spiro atoms. The minimum absolute atomic E-state index is 0.0311. The second-order valence-corrected chi connectivity index (χ2v) is 14.4. The number of aliphatic hydroxyl groups excluding tert-OH is 2. The first-order valence-electron chi connectivity index (χ1n) is 15.8. The first kappa shape index (κ1) is 39.2. The number of amides is 2. The molecule has 0 aliphatic carbocycles. The summed E-state index contributed by atoms with van der Waals surface area (Å²) in [5, 5.41) is 26.6. The smallest absolute Gasteiger partial charge is 0.253 e. The molecular weight excluding hydrogens is 618 g/mol. The number of carbonyl (C=O) groups excluding carboxylic acids is 2. The minimum Gasteiger partial charge on any atom is -0.394 e. The molecule has 2 rings (SSSR count). The Bertz CT molecular complexity index is 1390. The Morgan fingerprint density at radius 1 is 0.957 bits per heavy atom. The minimum atomic E-state index is -4.32. The van der Waals surface area contributed by atoms with Gasteiger partial charge in [-0.3, -0.25) is 9.59 Å². The van der Waals surface area contributed by atoms with Crippen LogP contribution in [0.3, 0.4) is 0 Å². The quantitative estimate of drug-likeness (QED) is 0.144. The van der Waals surface area contributed by atoms with Crippen molar-refractivity contribution in [2.45, 2.75) is 89.8 Å². The van der Waals surface area contributed by atoms with Gasteiger partial charge in [0.25, 0.3) is 11.8 Å². The monoisotopic (exact) mass is 668 g/mol. The molecule has 46 heavy (non-hydrogen) atoms. The molecule has 0 aliphatic heterocycles. The number of halogens is 2. The average Bonchev–Trinajstić information content (AvgIpc) is 2.97.